The molecule has 0 bridgehead atoms. The van der Waals surface area contributed by atoms with E-state index < -0.39 is 0 Å². The Morgan fingerprint density at radius 3 is 2.83 bits per heavy atom. The van der Waals surface area contributed by atoms with Gasteiger partial charge in [0.15, 0.2) is 0 Å². The van der Waals surface area contributed by atoms with Gasteiger partial charge in [-0.05, 0) is 57.3 Å². The van der Waals surface area contributed by atoms with E-state index in [4.69, 9.17) is 9.47 Å². The van der Waals surface area contributed by atoms with Crippen LogP contribution in [0.5, 0.6) is 5.75 Å². The predicted octanol–water partition coefficient (Wildman–Crippen LogP) is 2.53. The Balaban J connectivity index is 1.82. The minimum absolute atomic E-state index is 0.0104. The fourth-order valence-electron chi connectivity index (χ4n) is 3.06. The molecule has 0 aromatic heterocycles. The molecule has 0 spiro atoms. The van der Waals surface area contributed by atoms with E-state index >= 15 is 0 Å². The molecular formula is C19H30N2O3. The number of piperidine rings is 1. The number of amides is 1. The molecule has 5 heteroatoms. The average molecular weight is 334 g/mol. The van der Waals surface area contributed by atoms with E-state index in [-0.39, 0.29) is 5.91 Å². The summed E-state index contributed by atoms with van der Waals surface area (Å²) in [6.45, 7) is 6.14. The minimum Gasteiger partial charge on any atom is -0.493 e. The second-order valence-electron chi connectivity index (χ2n) is 6.36. The first-order valence-electron chi connectivity index (χ1n) is 8.92. The number of methoxy groups -OCH3 is 1. The molecule has 2 rings (SSSR count). The topological polar surface area (TPSA) is 59.6 Å². The molecule has 1 aliphatic heterocycles. The maximum absolute atomic E-state index is 12.4. The monoisotopic (exact) mass is 334 g/mol. The van der Waals surface area contributed by atoms with Gasteiger partial charge in [-0.15, -0.1) is 0 Å². The molecule has 2 N–H and O–H groups in total. The first kappa shape index (κ1) is 18.7. The Labute approximate surface area is 145 Å². The zero-order valence-corrected chi connectivity index (χ0v) is 14.9. The van der Waals surface area contributed by atoms with Gasteiger partial charge in [0.1, 0.15) is 5.75 Å². The van der Waals surface area contributed by atoms with Crippen molar-refractivity contribution < 1.29 is 14.3 Å². The lowest BCUT2D eigenvalue weighted by Crippen LogP contribution is -2.31. The lowest BCUT2D eigenvalue weighted by molar-refractivity contribution is 0.0949. The van der Waals surface area contributed by atoms with Gasteiger partial charge in [0, 0.05) is 37.8 Å². The first-order valence-corrected chi connectivity index (χ1v) is 8.92. The zero-order chi connectivity index (χ0) is 17.2. The van der Waals surface area contributed by atoms with E-state index in [1.807, 2.05) is 25.1 Å². The van der Waals surface area contributed by atoms with Gasteiger partial charge in [-0.3, -0.25) is 4.79 Å². The SMILES string of the molecule is COCCCOc1cccc(C(=O)NCCC2CCNCC2)c1C. The molecule has 0 aliphatic carbocycles. The summed E-state index contributed by atoms with van der Waals surface area (Å²) in [6.07, 6.45) is 4.31. The van der Waals surface area contributed by atoms with Crippen LogP contribution in [0.25, 0.3) is 0 Å². The Morgan fingerprint density at radius 2 is 2.08 bits per heavy atom. The molecule has 1 aromatic rings. The highest BCUT2D eigenvalue weighted by molar-refractivity contribution is 5.96. The van der Waals surface area contributed by atoms with Crippen molar-refractivity contribution in [3.8, 4) is 5.75 Å². The molecule has 1 saturated heterocycles. The average Bonchev–Trinajstić information content (AvgIpc) is 2.61. The summed E-state index contributed by atoms with van der Waals surface area (Å²) in [5.41, 5.74) is 1.60. The molecule has 1 aliphatic rings. The molecule has 1 fully saturated rings. The molecule has 1 aromatic carbocycles. The smallest absolute Gasteiger partial charge is 0.251 e. The van der Waals surface area contributed by atoms with Crippen LogP contribution in [-0.2, 0) is 4.74 Å². The van der Waals surface area contributed by atoms with Gasteiger partial charge >= 0.3 is 0 Å². The van der Waals surface area contributed by atoms with E-state index in [1.165, 1.54) is 12.8 Å². The van der Waals surface area contributed by atoms with Crippen molar-refractivity contribution in [3.05, 3.63) is 29.3 Å². The summed E-state index contributed by atoms with van der Waals surface area (Å²) in [4.78, 5) is 12.4. The van der Waals surface area contributed by atoms with E-state index in [9.17, 15) is 4.79 Å². The fraction of sp³-hybridized carbons (Fsp3) is 0.632. The molecule has 1 heterocycles. The third-order valence-electron chi connectivity index (χ3n) is 4.58. The van der Waals surface area contributed by atoms with E-state index in [0.29, 0.717) is 18.8 Å². The summed E-state index contributed by atoms with van der Waals surface area (Å²) in [7, 11) is 1.68. The highest BCUT2D eigenvalue weighted by Crippen LogP contribution is 2.22. The van der Waals surface area contributed by atoms with Crippen molar-refractivity contribution in [3.63, 3.8) is 0 Å². The van der Waals surface area contributed by atoms with Crippen LogP contribution in [0.2, 0.25) is 0 Å². The number of carbonyl (C=O) groups excluding carboxylic acids is 1. The van der Waals surface area contributed by atoms with Gasteiger partial charge in [-0.1, -0.05) is 6.07 Å². The highest BCUT2D eigenvalue weighted by atomic mass is 16.5. The van der Waals surface area contributed by atoms with Crippen molar-refractivity contribution >= 4 is 5.91 Å². The maximum atomic E-state index is 12.4. The molecule has 24 heavy (non-hydrogen) atoms. The normalized spacial score (nSPS) is 15.2. The largest absolute Gasteiger partial charge is 0.493 e. The number of carbonyl (C=O) groups is 1. The lowest BCUT2D eigenvalue weighted by atomic mass is 9.95. The third kappa shape index (κ3) is 5.80. The van der Waals surface area contributed by atoms with Crippen LogP contribution in [0, 0.1) is 12.8 Å². The van der Waals surface area contributed by atoms with Crippen LogP contribution in [0.3, 0.4) is 0 Å². The molecule has 5 nitrogen and oxygen atoms in total. The fourth-order valence-corrected chi connectivity index (χ4v) is 3.06. The van der Waals surface area contributed by atoms with E-state index in [0.717, 1.165) is 49.7 Å². The van der Waals surface area contributed by atoms with Crippen LogP contribution in [0.4, 0.5) is 0 Å². The van der Waals surface area contributed by atoms with Crippen LogP contribution in [-0.4, -0.2) is 45.9 Å². The van der Waals surface area contributed by atoms with Crippen molar-refractivity contribution in [2.75, 3.05) is 40.0 Å². The molecule has 1 amide bonds. The number of rotatable bonds is 9. The second kappa shape index (κ2) is 10.3. The van der Waals surface area contributed by atoms with Gasteiger partial charge in [-0.2, -0.15) is 0 Å². The van der Waals surface area contributed by atoms with Gasteiger partial charge in [0.25, 0.3) is 5.91 Å². The van der Waals surface area contributed by atoms with Crippen LogP contribution >= 0.6 is 0 Å². The van der Waals surface area contributed by atoms with Gasteiger partial charge in [0.05, 0.1) is 6.61 Å². The Bertz CT molecular complexity index is 513. The first-order chi connectivity index (χ1) is 11.7. The standard InChI is InChI=1S/C19H30N2O3/c1-15-17(5-3-6-18(15)24-14-4-13-23-2)19(22)21-12-9-16-7-10-20-11-8-16/h3,5-6,16,20H,4,7-14H2,1-2H3,(H,21,22). The predicted molar refractivity (Wildman–Crippen MR) is 95.7 cm³/mol. The quantitative estimate of drug-likeness (QED) is 0.681. The molecule has 0 saturated carbocycles. The van der Waals surface area contributed by atoms with Crippen LogP contribution in [0.15, 0.2) is 18.2 Å². The summed E-state index contributed by atoms with van der Waals surface area (Å²) < 4.78 is 10.8. The number of ether oxygens (including phenoxy) is 2. The number of hydrogen-bond donors (Lipinski definition) is 2. The molecule has 0 radical (unpaired) electrons. The maximum Gasteiger partial charge on any atom is 0.251 e. The number of hydrogen-bond acceptors (Lipinski definition) is 4. The van der Waals surface area contributed by atoms with Gasteiger partial charge in [0.2, 0.25) is 0 Å². The second-order valence-corrected chi connectivity index (χ2v) is 6.36. The van der Waals surface area contributed by atoms with E-state index in [1.54, 1.807) is 7.11 Å². The molecule has 0 atom stereocenters. The van der Waals surface area contributed by atoms with Gasteiger partial charge in [-0.25, -0.2) is 0 Å². The lowest BCUT2D eigenvalue weighted by Gasteiger charge is -2.22. The van der Waals surface area contributed by atoms with E-state index in [2.05, 4.69) is 10.6 Å². The zero-order valence-electron chi connectivity index (χ0n) is 14.9. The van der Waals surface area contributed by atoms with Crippen molar-refractivity contribution in [2.24, 2.45) is 5.92 Å². The Kier molecular flexibility index (Phi) is 8.05. The number of nitrogens with one attached hydrogen (secondary N) is 2. The van der Waals surface area contributed by atoms with Crippen LogP contribution < -0.4 is 15.4 Å². The van der Waals surface area contributed by atoms with Crippen molar-refractivity contribution in [2.45, 2.75) is 32.6 Å². The molecular weight excluding hydrogens is 304 g/mol. The summed E-state index contributed by atoms with van der Waals surface area (Å²) in [6, 6.07) is 5.64. The summed E-state index contributed by atoms with van der Waals surface area (Å²) in [5.74, 6) is 1.49. The summed E-state index contributed by atoms with van der Waals surface area (Å²) >= 11 is 0. The molecule has 0 unspecified atom stereocenters. The van der Waals surface area contributed by atoms with Crippen molar-refractivity contribution in [1.29, 1.82) is 0 Å². The van der Waals surface area contributed by atoms with Gasteiger partial charge < -0.3 is 20.1 Å². The van der Waals surface area contributed by atoms with Crippen molar-refractivity contribution in [1.82, 2.24) is 10.6 Å². The summed E-state index contributed by atoms with van der Waals surface area (Å²) in [5, 5.41) is 6.42. The number of benzene rings is 1. The Hall–Kier alpha value is -1.59. The minimum atomic E-state index is -0.0104. The Morgan fingerprint density at radius 1 is 1.29 bits per heavy atom. The van der Waals surface area contributed by atoms with Crippen LogP contribution in [0.1, 0.15) is 41.6 Å². The highest BCUT2D eigenvalue weighted by Gasteiger charge is 2.15. The third-order valence-corrected chi connectivity index (χ3v) is 4.58. The molecule has 134 valence electrons.